The summed E-state index contributed by atoms with van der Waals surface area (Å²) in [5.41, 5.74) is 0. The minimum atomic E-state index is -4.37. The van der Waals surface area contributed by atoms with Crippen LogP contribution < -0.4 is 0 Å². The molecule has 3 N–H and O–H groups in total. The van der Waals surface area contributed by atoms with Gasteiger partial charge >= 0.3 is 10.1 Å². The van der Waals surface area contributed by atoms with Crippen molar-refractivity contribution in [3.8, 4) is 0 Å². The van der Waals surface area contributed by atoms with Gasteiger partial charge in [-0.1, -0.05) is 0 Å². The molecular formula is C3H3N3O3S3. The second kappa shape index (κ2) is 3.01. The standard InChI is InChI=1S/C3H3N3O3S3/c7-12(8,9)3-5-1(10)4-2(11)6-3/h(H,7,8,9)(H2,4,5,6,10,11). The molecule has 0 aliphatic carbocycles. The Bertz CT molecular complexity index is 469. The Balaban J connectivity index is 3.59. The number of hydrogen-bond acceptors (Lipinski definition) is 5. The zero-order valence-corrected chi connectivity index (χ0v) is 7.89. The Labute approximate surface area is 77.4 Å². The molecule has 1 rings (SSSR count). The van der Waals surface area contributed by atoms with E-state index in [0.717, 1.165) is 0 Å². The lowest BCUT2D eigenvalue weighted by molar-refractivity contribution is 0.472. The number of nitrogens with one attached hydrogen (secondary N) is 2. The highest BCUT2D eigenvalue weighted by Crippen LogP contribution is 1.97. The van der Waals surface area contributed by atoms with Crippen LogP contribution in [0.4, 0.5) is 0 Å². The lowest BCUT2D eigenvalue weighted by atomic mass is 11.1. The van der Waals surface area contributed by atoms with E-state index in [4.69, 9.17) is 4.55 Å². The molecule has 0 unspecified atom stereocenters. The number of nitrogens with zero attached hydrogens (tertiary/aromatic N) is 1. The third-order valence-electron chi connectivity index (χ3n) is 0.888. The number of hydrogen-bond donors (Lipinski definition) is 3. The highest BCUT2D eigenvalue weighted by molar-refractivity contribution is 7.85. The normalized spacial score (nSPS) is 11.4. The van der Waals surface area contributed by atoms with Crippen molar-refractivity contribution in [3.63, 3.8) is 0 Å². The SMILES string of the molecule is O=S(=O)(O)c1nc(=S)[nH]c(=S)[nH]1. The average molecular weight is 225 g/mol. The molecule has 0 radical (unpaired) electrons. The van der Waals surface area contributed by atoms with Gasteiger partial charge in [0.1, 0.15) is 0 Å². The van der Waals surface area contributed by atoms with Crippen LogP contribution in [0.5, 0.6) is 0 Å². The first-order valence-electron chi connectivity index (χ1n) is 2.58. The maximum atomic E-state index is 10.5. The summed E-state index contributed by atoms with van der Waals surface area (Å²) in [5, 5.41) is -0.656. The summed E-state index contributed by atoms with van der Waals surface area (Å²) in [4.78, 5) is 7.81. The van der Waals surface area contributed by atoms with Crippen LogP contribution in [-0.4, -0.2) is 27.9 Å². The van der Waals surface area contributed by atoms with E-state index >= 15 is 0 Å². The van der Waals surface area contributed by atoms with Gasteiger partial charge in [-0.2, -0.15) is 13.4 Å². The van der Waals surface area contributed by atoms with Crippen molar-refractivity contribution in [2.75, 3.05) is 0 Å². The van der Waals surface area contributed by atoms with E-state index in [0.29, 0.717) is 0 Å². The molecule has 12 heavy (non-hydrogen) atoms. The Morgan fingerprint density at radius 3 is 2.33 bits per heavy atom. The summed E-state index contributed by atoms with van der Waals surface area (Å²) in [7, 11) is -4.37. The van der Waals surface area contributed by atoms with Crippen molar-refractivity contribution in [3.05, 3.63) is 9.54 Å². The molecule has 0 atom stereocenters. The van der Waals surface area contributed by atoms with Gasteiger partial charge in [-0.25, -0.2) is 0 Å². The minimum Gasteiger partial charge on any atom is -0.308 e. The number of H-pyrrole nitrogens is 2. The first-order valence-corrected chi connectivity index (χ1v) is 4.83. The Hall–Kier alpha value is -0.640. The van der Waals surface area contributed by atoms with Crippen LogP contribution in [0.2, 0.25) is 0 Å². The molecule has 1 heterocycles. The second-order valence-electron chi connectivity index (χ2n) is 1.78. The molecule has 0 amide bonds. The molecule has 0 aromatic carbocycles. The fourth-order valence-corrected chi connectivity index (χ4v) is 1.51. The Kier molecular flexibility index (Phi) is 2.37. The lowest BCUT2D eigenvalue weighted by Crippen LogP contribution is -2.05. The van der Waals surface area contributed by atoms with Crippen LogP contribution in [-0.2, 0) is 10.1 Å². The van der Waals surface area contributed by atoms with Crippen LogP contribution in [0, 0.1) is 9.54 Å². The molecule has 0 spiro atoms. The van der Waals surface area contributed by atoms with E-state index in [1.165, 1.54) is 0 Å². The molecule has 0 bridgehead atoms. The fourth-order valence-electron chi connectivity index (χ4n) is 0.496. The predicted octanol–water partition coefficient (Wildman–Crippen LogP) is 0.443. The largest absolute Gasteiger partial charge is 0.328 e. The third kappa shape index (κ3) is 2.17. The van der Waals surface area contributed by atoms with Gasteiger partial charge in [-0.05, 0) is 24.4 Å². The van der Waals surface area contributed by atoms with Gasteiger partial charge in [-0.3, -0.25) is 4.55 Å². The van der Waals surface area contributed by atoms with Gasteiger partial charge in [-0.15, -0.1) is 0 Å². The zero-order valence-electron chi connectivity index (χ0n) is 5.44. The molecule has 66 valence electrons. The molecule has 0 saturated carbocycles. The quantitative estimate of drug-likeness (QED) is 0.474. The zero-order chi connectivity index (χ0) is 9.35. The summed E-state index contributed by atoms with van der Waals surface area (Å²) in [6.45, 7) is 0. The maximum Gasteiger partial charge on any atom is 0.328 e. The highest BCUT2D eigenvalue weighted by atomic mass is 32.2. The average Bonchev–Trinajstić information content (AvgIpc) is 1.82. The van der Waals surface area contributed by atoms with Crippen LogP contribution in [0.3, 0.4) is 0 Å². The van der Waals surface area contributed by atoms with E-state index in [1.807, 2.05) is 0 Å². The van der Waals surface area contributed by atoms with Crippen molar-refractivity contribution in [1.82, 2.24) is 15.0 Å². The van der Waals surface area contributed by atoms with Crippen LogP contribution >= 0.6 is 24.4 Å². The second-order valence-corrected chi connectivity index (χ2v) is 3.91. The van der Waals surface area contributed by atoms with Gasteiger partial charge in [0.05, 0.1) is 0 Å². The molecular weight excluding hydrogens is 222 g/mol. The lowest BCUT2D eigenvalue weighted by Gasteiger charge is -1.93. The summed E-state index contributed by atoms with van der Waals surface area (Å²) < 4.78 is 29.4. The molecule has 0 fully saturated rings. The topological polar surface area (TPSA) is 98.8 Å². The summed E-state index contributed by atoms with van der Waals surface area (Å²) in [6.07, 6.45) is 0. The molecule has 9 heteroatoms. The van der Waals surface area contributed by atoms with Crippen LogP contribution in [0.15, 0.2) is 5.16 Å². The van der Waals surface area contributed by atoms with E-state index < -0.39 is 15.3 Å². The van der Waals surface area contributed by atoms with Gasteiger partial charge in [0.25, 0.3) is 5.16 Å². The number of aromatic nitrogens is 3. The maximum absolute atomic E-state index is 10.5. The van der Waals surface area contributed by atoms with E-state index in [2.05, 4.69) is 39.4 Å². The number of rotatable bonds is 1. The van der Waals surface area contributed by atoms with E-state index in [1.54, 1.807) is 0 Å². The first-order chi connectivity index (χ1) is 5.39. The molecule has 0 aliphatic rings. The Morgan fingerprint density at radius 2 is 1.92 bits per heavy atom. The summed E-state index contributed by atoms with van der Waals surface area (Å²) in [6, 6.07) is 0. The molecule has 1 aromatic heterocycles. The minimum absolute atomic E-state index is 0.0115. The monoisotopic (exact) mass is 225 g/mol. The van der Waals surface area contributed by atoms with Gasteiger partial charge in [0, 0.05) is 0 Å². The summed E-state index contributed by atoms with van der Waals surface area (Å²) in [5.74, 6) is 0. The predicted molar refractivity (Wildman–Crippen MR) is 44.4 cm³/mol. The van der Waals surface area contributed by atoms with E-state index in [-0.39, 0.29) is 9.54 Å². The molecule has 1 aromatic rings. The first kappa shape index (κ1) is 9.45. The van der Waals surface area contributed by atoms with Crippen molar-refractivity contribution >= 4 is 34.6 Å². The van der Waals surface area contributed by atoms with Gasteiger partial charge in [0.2, 0.25) is 4.77 Å². The number of aromatic amines is 2. The summed E-state index contributed by atoms with van der Waals surface area (Å²) >= 11 is 9.09. The third-order valence-corrected chi connectivity index (χ3v) is 1.97. The highest BCUT2D eigenvalue weighted by Gasteiger charge is 2.11. The van der Waals surface area contributed by atoms with Crippen molar-refractivity contribution in [2.24, 2.45) is 0 Å². The Morgan fingerprint density at radius 1 is 1.33 bits per heavy atom. The van der Waals surface area contributed by atoms with Crippen molar-refractivity contribution < 1.29 is 13.0 Å². The van der Waals surface area contributed by atoms with Gasteiger partial charge < -0.3 is 9.97 Å². The smallest absolute Gasteiger partial charge is 0.308 e. The molecule has 0 aliphatic heterocycles. The van der Waals surface area contributed by atoms with E-state index in [9.17, 15) is 8.42 Å². The van der Waals surface area contributed by atoms with Crippen molar-refractivity contribution in [1.29, 1.82) is 0 Å². The van der Waals surface area contributed by atoms with Crippen LogP contribution in [0.1, 0.15) is 0 Å². The van der Waals surface area contributed by atoms with Crippen LogP contribution in [0.25, 0.3) is 0 Å². The van der Waals surface area contributed by atoms with Crippen molar-refractivity contribution in [2.45, 2.75) is 5.16 Å². The molecule has 6 nitrogen and oxygen atoms in total. The fraction of sp³-hybridized carbons (Fsp3) is 0. The van der Waals surface area contributed by atoms with Gasteiger partial charge in [0.15, 0.2) is 4.77 Å². The molecule has 0 saturated heterocycles.